The maximum absolute atomic E-state index is 12.5. The Labute approximate surface area is 145 Å². The van der Waals surface area contributed by atoms with Gasteiger partial charge in [0.1, 0.15) is 0 Å². The van der Waals surface area contributed by atoms with Gasteiger partial charge in [-0.25, -0.2) is 9.19 Å². The monoisotopic (exact) mass is 387 g/mol. The lowest BCUT2D eigenvalue weighted by atomic mass is 10.3. The number of alkyl halides is 3. The van der Waals surface area contributed by atoms with Gasteiger partial charge in [-0.1, -0.05) is 12.1 Å². The zero-order valence-corrected chi connectivity index (χ0v) is 13.7. The first-order valence-electron chi connectivity index (χ1n) is 6.65. The van der Waals surface area contributed by atoms with E-state index in [1.54, 1.807) is 24.3 Å². The molecular weight excluding hydrogens is 379 g/mol. The highest BCUT2D eigenvalue weighted by atomic mass is 32.2. The Morgan fingerprint density at radius 3 is 2.56 bits per heavy atom. The van der Waals surface area contributed by atoms with Crippen LogP contribution in [0.25, 0.3) is 11.0 Å². The van der Waals surface area contributed by atoms with Crippen molar-refractivity contribution in [3.63, 3.8) is 0 Å². The molecule has 0 aliphatic carbocycles. The van der Waals surface area contributed by atoms with Gasteiger partial charge in [0.2, 0.25) is 0 Å². The van der Waals surface area contributed by atoms with Crippen molar-refractivity contribution in [3.05, 3.63) is 52.6 Å². The van der Waals surface area contributed by atoms with Gasteiger partial charge in [-0.2, -0.15) is 13.2 Å². The van der Waals surface area contributed by atoms with E-state index in [0.29, 0.717) is 16.7 Å². The average Bonchev–Trinajstić information content (AvgIpc) is 2.95. The second-order valence-corrected chi connectivity index (χ2v) is 7.26. The maximum atomic E-state index is 12.5. The molecule has 1 heterocycles. The highest BCUT2D eigenvalue weighted by Gasteiger charge is 2.38. The molecule has 0 aliphatic heterocycles. The van der Waals surface area contributed by atoms with Crippen molar-refractivity contribution in [1.29, 1.82) is 0 Å². The second kappa shape index (κ2) is 6.48. The molecule has 0 bridgehead atoms. The van der Waals surface area contributed by atoms with Crippen molar-refractivity contribution in [1.82, 2.24) is 9.97 Å². The highest BCUT2D eigenvalue weighted by Crippen LogP contribution is 2.37. The summed E-state index contributed by atoms with van der Waals surface area (Å²) in [6, 6.07) is 9.86. The third kappa shape index (κ3) is 3.66. The lowest BCUT2D eigenvalue weighted by molar-refractivity contribution is -0.388. The Bertz CT molecular complexity index is 955. The Morgan fingerprint density at radius 1 is 1.20 bits per heavy atom. The molecule has 0 saturated carbocycles. The summed E-state index contributed by atoms with van der Waals surface area (Å²) in [6.45, 7) is 0. The molecule has 0 saturated heterocycles. The van der Waals surface area contributed by atoms with E-state index >= 15 is 0 Å². The van der Waals surface area contributed by atoms with E-state index in [9.17, 15) is 27.5 Å². The summed E-state index contributed by atoms with van der Waals surface area (Å²) < 4.78 is 49.0. The molecule has 130 valence electrons. The molecule has 0 fully saturated rings. The SMILES string of the molecule is O=[N+]([O-])c1cc([S@@](=O)C(F)(F)F)ccc1Sc1nc2ccccc2[nH]1. The Kier molecular flexibility index (Phi) is 4.52. The molecule has 6 nitrogen and oxygen atoms in total. The van der Waals surface area contributed by atoms with Crippen molar-refractivity contribution >= 4 is 39.3 Å². The van der Waals surface area contributed by atoms with Crippen LogP contribution in [0.1, 0.15) is 0 Å². The number of nitrogens with one attached hydrogen (secondary N) is 1. The van der Waals surface area contributed by atoms with E-state index in [2.05, 4.69) is 9.97 Å². The fourth-order valence-corrected chi connectivity index (χ4v) is 3.62. The first-order valence-corrected chi connectivity index (χ1v) is 8.62. The Hall–Kier alpha value is -2.40. The number of halogens is 3. The molecule has 1 N–H and O–H groups in total. The number of aromatic amines is 1. The van der Waals surface area contributed by atoms with Gasteiger partial charge in [0.05, 0.1) is 25.7 Å². The van der Waals surface area contributed by atoms with E-state index in [0.717, 1.165) is 29.4 Å². The zero-order chi connectivity index (χ0) is 18.2. The third-order valence-electron chi connectivity index (χ3n) is 3.13. The van der Waals surface area contributed by atoms with Gasteiger partial charge in [-0.15, -0.1) is 0 Å². The number of nitro groups is 1. The number of benzene rings is 2. The number of hydrogen-bond donors (Lipinski definition) is 1. The molecule has 1 atom stereocenters. The largest absolute Gasteiger partial charge is 0.475 e. The van der Waals surface area contributed by atoms with Crippen LogP contribution >= 0.6 is 11.8 Å². The van der Waals surface area contributed by atoms with Crippen LogP contribution in [0.5, 0.6) is 0 Å². The normalized spacial score (nSPS) is 13.1. The molecule has 3 rings (SSSR count). The maximum Gasteiger partial charge on any atom is 0.475 e. The van der Waals surface area contributed by atoms with Crippen molar-refractivity contribution < 1.29 is 22.3 Å². The summed E-state index contributed by atoms with van der Waals surface area (Å²) in [6.07, 6.45) is 0. The number of nitro benzene ring substituents is 1. The number of aromatic nitrogens is 2. The molecule has 25 heavy (non-hydrogen) atoms. The van der Waals surface area contributed by atoms with Gasteiger partial charge in [-0.05, 0) is 36.0 Å². The second-order valence-electron chi connectivity index (χ2n) is 4.76. The van der Waals surface area contributed by atoms with Gasteiger partial charge in [0.25, 0.3) is 5.69 Å². The van der Waals surface area contributed by atoms with Crippen LogP contribution in [-0.2, 0) is 10.8 Å². The van der Waals surface area contributed by atoms with Crippen LogP contribution in [0.4, 0.5) is 18.9 Å². The number of para-hydroxylation sites is 2. The van der Waals surface area contributed by atoms with Gasteiger partial charge >= 0.3 is 5.51 Å². The first-order chi connectivity index (χ1) is 11.8. The number of hydrogen-bond acceptors (Lipinski definition) is 5. The third-order valence-corrected chi connectivity index (χ3v) is 5.18. The number of H-pyrrole nitrogens is 1. The number of fused-ring (bicyclic) bond motifs is 1. The number of nitrogens with zero attached hydrogens (tertiary/aromatic N) is 2. The topological polar surface area (TPSA) is 88.9 Å². The van der Waals surface area contributed by atoms with Gasteiger partial charge in [0, 0.05) is 6.07 Å². The minimum Gasteiger partial charge on any atom is -0.333 e. The van der Waals surface area contributed by atoms with Crippen LogP contribution < -0.4 is 0 Å². The van der Waals surface area contributed by atoms with Crippen LogP contribution in [0.2, 0.25) is 0 Å². The molecular formula is C14H8F3N3O3S2. The average molecular weight is 387 g/mol. The zero-order valence-electron chi connectivity index (χ0n) is 12.1. The summed E-state index contributed by atoms with van der Waals surface area (Å²) in [5.74, 6) is 0. The Morgan fingerprint density at radius 2 is 1.92 bits per heavy atom. The Balaban J connectivity index is 1.98. The van der Waals surface area contributed by atoms with E-state index < -0.39 is 31.8 Å². The van der Waals surface area contributed by atoms with E-state index in [-0.39, 0.29) is 4.90 Å². The van der Waals surface area contributed by atoms with Gasteiger partial charge in [0.15, 0.2) is 16.0 Å². The summed E-state index contributed by atoms with van der Waals surface area (Å²) in [7, 11) is -3.33. The predicted octanol–water partition coefficient (Wildman–Crippen LogP) is 4.25. The van der Waals surface area contributed by atoms with Crippen LogP contribution in [0.3, 0.4) is 0 Å². The lowest BCUT2D eigenvalue weighted by Gasteiger charge is -2.07. The van der Waals surface area contributed by atoms with Gasteiger partial charge < -0.3 is 4.98 Å². The minimum atomic E-state index is -4.98. The van der Waals surface area contributed by atoms with Crippen LogP contribution in [0.15, 0.2) is 57.4 Å². The van der Waals surface area contributed by atoms with Crippen LogP contribution in [0, 0.1) is 10.1 Å². The molecule has 0 amide bonds. The first kappa shape index (κ1) is 17.4. The fourth-order valence-electron chi connectivity index (χ4n) is 2.06. The van der Waals surface area contributed by atoms with Crippen LogP contribution in [-0.4, -0.2) is 24.6 Å². The molecule has 0 spiro atoms. The molecule has 1 aromatic heterocycles. The van der Waals surface area contributed by atoms with E-state index in [1.165, 1.54) is 0 Å². The summed E-state index contributed by atoms with van der Waals surface area (Å²) in [5.41, 5.74) is -4.17. The smallest absolute Gasteiger partial charge is 0.333 e. The van der Waals surface area contributed by atoms with Crippen molar-refractivity contribution in [2.75, 3.05) is 0 Å². The molecule has 0 unspecified atom stereocenters. The standard InChI is InChI=1S/C14H8F3N3O3S2/c15-14(16,17)25(23)8-5-6-12(11(7-8)20(21)22)24-13-18-9-3-1-2-4-10(9)19-13/h1-7H,(H,18,19)/t25-/m1/s1. The van der Waals surface area contributed by atoms with E-state index in [1.807, 2.05) is 0 Å². The fraction of sp³-hybridized carbons (Fsp3) is 0.0714. The molecule has 2 aromatic carbocycles. The minimum absolute atomic E-state index is 0.0898. The molecule has 0 aliphatic rings. The van der Waals surface area contributed by atoms with Crippen molar-refractivity contribution in [2.45, 2.75) is 20.5 Å². The van der Waals surface area contributed by atoms with E-state index in [4.69, 9.17) is 0 Å². The number of rotatable bonds is 4. The molecule has 11 heteroatoms. The predicted molar refractivity (Wildman–Crippen MR) is 85.8 cm³/mol. The van der Waals surface area contributed by atoms with Crippen molar-refractivity contribution in [3.8, 4) is 0 Å². The quantitative estimate of drug-likeness (QED) is 0.534. The number of imidazole rings is 1. The lowest BCUT2D eigenvalue weighted by Crippen LogP contribution is -2.16. The summed E-state index contributed by atoms with van der Waals surface area (Å²) in [4.78, 5) is 17.0. The van der Waals surface area contributed by atoms with Gasteiger partial charge in [-0.3, -0.25) is 10.1 Å². The van der Waals surface area contributed by atoms with Crippen molar-refractivity contribution in [2.24, 2.45) is 0 Å². The molecule has 0 radical (unpaired) electrons. The summed E-state index contributed by atoms with van der Waals surface area (Å²) in [5, 5.41) is 11.5. The summed E-state index contributed by atoms with van der Waals surface area (Å²) >= 11 is 0.908. The highest BCUT2D eigenvalue weighted by molar-refractivity contribution is 7.99. The molecule has 3 aromatic rings.